The number of ketones is 1. The normalized spacial score (nSPS) is 17.7. The quantitative estimate of drug-likeness (QED) is 0.222. The highest BCUT2D eigenvalue weighted by Crippen LogP contribution is 2.52. The lowest BCUT2D eigenvalue weighted by Crippen LogP contribution is -2.33. The summed E-state index contributed by atoms with van der Waals surface area (Å²) in [5, 5.41) is 5.96. The molecule has 0 fully saturated rings. The molecule has 0 saturated carbocycles. The van der Waals surface area contributed by atoms with Crippen molar-refractivity contribution in [2.75, 3.05) is 12.4 Å². The van der Waals surface area contributed by atoms with Crippen molar-refractivity contribution in [3.63, 3.8) is 0 Å². The van der Waals surface area contributed by atoms with Crippen LogP contribution in [0, 0.1) is 12.3 Å². The third kappa shape index (κ3) is 4.48. The highest BCUT2D eigenvalue weighted by Gasteiger charge is 2.41. The number of ether oxygens (including phenoxy) is 2. The van der Waals surface area contributed by atoms with Gasteiger partial charge < -0.3 is 14.8 Å². The minimum atomic E-state index is -0.452. The molecule has 39 heavy (non-hydrogen) atoms. The zero-order valence-corrected chi connectivity index (χ0v) is 22.6. The molecule has 4 aromatic rings. The van der Waals surface area contributed by atoms with Gasteiger partial charge in [-0.15, -0.1) is 0 Å². The average Bonchev–Trinajstić information content (AvgIpc) is 2.92. The van der Waals surface area contributed by atoms with Crippen LogP contribution in [0.15, 0.2) is 84.4 Å². The molecule has 0 amide bonds. The molecule has 5 heteroatoms. The fourth-order valence-corrected chi connectivity index (χ4v) is 5.88. The first-order valence-electron chi connectivity index (χ1n) is 13.3. The summed E-state index contributed by atoms with van der Waals surface area (Å²) in [6.07, 6.45) is 1.31. The molecule has 1 heterocycles. The van der Waals surface area contributed by atoms with Gasteiger partial charge in [-0.25, -0.2) is 4.79 Å². The van der Waals surface area contributed by atoms with E-state index in [4.69, 9.17) is 9.47 Å². The van der Waals surface area contributed by atoms with Crippen molar-refractivity contribution in [1.82, 2.24) is 0 Å². The van der Waals surface area contributed by atoms with E-state index in [1.807, 2.05) is 43.3 Å². The summed E-state index contributed by atoms with van der Waals surface area (Å²) in [6.45, 7) is 6.30. The summed E-state index contributed by atoms with van der Waals surface area (Å²) in [7, 11) is 1.55. The number of carbonyl (C=O) groups excluding carboxylic acids is 2. The molecule has 1 aliphatic heterocycles. The van der Waals surface area contributed by atoms with Gasteiger partial charge in [-0.3, -0.25) is 4.79 Å². The van der Waals surface area contributed by atoms with Crippen LogP contribution in [0.2, 0.25) is 0 Å². The summed E-state index contributed by atoms with van der Waals surface area (Å²) in [4.78, 5) is 26.5. The topological polar surface area (TPSA) is 64.6 Å². The fraction of sp³-hybridized carbons (Fsp3) is 0.235. The van der Waals surface area contributed by atoms with Crippen LogP contribution >= 0.6 is 0 Å². The highest BCUT2D eigenvalue weighted by molar-refractivity contribution is 6.12. The lowest BCUT2D eigenvalue weighted by Gasteiger charge is -2.40. The van der Waals surface area contributed by atoms with Crippen molar-refractivity contribution >= 4 is 33.8 Å². The summed E-state index contributed by atoms with van der Waals surface area (Å²) in [6, 6.07) is 25.0. The van der Waals surface area contributed by atoms with Crippen molar-refractivity contribution in [1.29, 1.82) is 0 Å². The van der Waals surface area contributed by atoms with Crippen LogP contribution in [0.4, 0.5) is 5.69 Å². The van der Waals surface area contributed by atoms with E-state index in [0.717, 1.165) is 50.7 Å². The Hall–Kier alpha value is -4.38. The maximum atomic E-state index is 13.7. The van der Waals surface area contributed by atoms with Gasteiger partial charge in [0.1, 0.15) is 0 Å². The molecular formula is C34H31NO4. The number of aryl methyl sites for hydroxylation is 1. The number of Topliss-reactive ketones (excluding diaryl/α,β-unsaturated/α-hetero) is 1. The predicted molar refractivity (Wildman–Crippen MR) is 154 cm³/mol. The van der Waals surface area contributed by atoms with Crippen LogP contribution < -0.4 is 14.8 Å². The Kier molecular flexibility index (Phi) is 6.02. The molecule has 1 N–H and O–H groups in total. The molecule has 5 nitrogen and oxygen atoms in total. The molecule has 0 spiro atoms. The third-order valence-electron chi connectivity index (χ3n) is 7.75. The maximum absolute atomic E-state index is 13.7. The Morgan fingerprint density at radius 2 is 1.69 bits per heavy atom. The van der Waals surface area contributed by atoms with E-state index in [2.05, 4.69) is 43.4 Å². The van der Waals surface area contributed by atoms with Crippen LogP contribution in [-0.4, -0.2) is 18.9 Å². The summed E-state index contributed by atoms with van der Waals surface area (Å²) < 4.78 is 11.4. The average molecular weight is 518 g/mol. The Morgan fingerprint density at radius 3 is 2.46 bits per heavy atom. The highest BCUT2D eigenvalue weighted by atomic mass is 16.6. The van der Waals surface area contributed by atoms with Crippen molar-refractivity contribution in [3.05, 3.63) is 107 Å². The zero-order chi connectivity index (χ0) is 27.3. The molecule has 0 saturated heterocycles. The number of benzene rings is 4. The van der Waals surface area contributed by atoms with Crippen LogP contribution in [0.3, 0.4) is 0 Å². The maximum Gasteiger partial charge on any atom is 0.343 e. The third-order valence-corrected chi connectivity index (χ3v) is 7.75. The summed E-state index contributed by atoms with van der Waals surface area (Å²) in [5.74, 6) is 0.475. The van der Waals surface area contributed by atoms with Crippen molar-refractivity contribution in [3.8, 4) is 11.5 Å². The number of carbonyl (C=O) groups is 2. The number of nitrogens with one attached hydrogen (secondary N) is 1. The number of fused-ring (bicyclic) bond motifs is 4. The summed E-state index contributed by atoms with van der Waals surface area (Å²) in [5.41, 5.74) is 6.34. The molecule has 0 radical (unpaired) electrons. The van der Waals surface area contributed by atoms with Gasteiger partial charge in [0.15, 0.2) is 17.3 Å². The van der Waals surface area contributed by atoms with Gasteiger partial charge in [0.05, 0.1) is 18.7 Å². The number of hydrogen-bond donors (Lipinski definition) is 1. The molecule has 0 unspecified atom stereocenters. The van der Waals surface area contributed by atoms with Gasteiger partial charge in [-0.2, -0.15) is 0 Å². The zero-order valence-electron chi connectivity index (χ0n) is 22.6. The van der Waals surface area contributed by atoms with Gasteiger partial charge in [0.25, 0.3) is 0 Å². The first-order chi connectivity index (χ1) is 18.7. The number of hydrogen-bond acceptors (Lipinski definition) is 5. The second-order valence-corrected chi connectivity index (χ2v) is 11.3. The minimum Gasteiger partial charge on any atom is -0.493 e. The number of rotatable bonds is 4. The molecule has 0 aromatic heterocycles. The molecule has 2 aliphatic rings. The Labute approximate surface area is 228 Å². The monoisotopic (exact) mass is 517 g/mol. The standard InChI is InChI=1S/C34H31NO4/c1-20-9-11-22(12-10-20)33(37)39-28-16-14-23(17-29(28)38-4)32-31-25(18-34(2,3)19-27(31)36)30-24-8-6-5-7-21(24)13-15-26(30)35-32/h5-17,32,35H,18-19H2,1-4H3/t32-/m0/s1. The Balaban J connectivity index is 1.42. The van der Waals surface area contributed by atoms with Crippen molar-refractivity contribution in [2.24, 2.45) is 5.41 Å². The van der Waals surface area contributed by atoms with Crippen molar-refractivity contribution < 1.29 is 19.1 Å². The molecule has 6 rings (SSSR count). The van der Waals surface area contributed by atoms with Crippen LogP contribution in [0.1, 0.15) is 59.8 Å². The van der Waals surface area contributed by atoms with Crippen LogP contribution in [-0.2, 0) is 4.79 Å². The smallest absolute Gasteiger partial charge is 0.343 e. The molecule has 0 bridgehead atoms. The van der Waals surface area contributed by atoms with Crippen LogP contribution in [0.25, 0.3) is 16.3 Å². The van der Waals surface area contributed by atoms with E-state index in [9.17, 15) is 9.59 Å². The number of allylic oxidation sites excluding steroid dienone is 1. The van der Waals surface area contributed by atoms with Gasteiger partial charge in [0.2, 0.25) is 0 Å². The van der Waals surface area contributed by atoms with Gasteiger partial charge in [0, 0.05) is 23.2 Å². The molecular weight excluding hydrogens is 486 g/mol. The Morgan fingerprint density at radius 1 is 0.923 bits per heavy atom. The van der Waals surface area contributed by atoms with E-state index in [0.29, 0.717) is 23.5 Å². The van der Waals surface area contributed by atoms with Crippen LogP contribution in [0.5, 0.6) is 11.5 Å². The second kappa shape index (κ2) is 9.42. The molecule has 1 aliphatic carbocycles. The summed E-state index contributed by atoms with van der Waals surface area (Å²) >= 11 is 0. The van der Waals surface area contributed by atoms with E-state index >= 15 is 0 Å². The fourth-order valence-electron chi connectivity index (χ4n) is 5.88. The lowest BCUT2D eigenvalue weighted by atomic mass is 9.68. The second-order valence-electron chi connectivity index (χ2n) is 11.3. The van der Waals surface area contributed by atoms with Crippen molar-refractivity contribution in [2.45, 2.75) is 39.7 Å². The molecule has 1 atom stereocenters. The van der Waals surface area contributed by atoms with Gasteiger partial charge in [-0.05, 0) is 71.0 Å². The number of esters is 1. The number of methoxy groups -OCH3 is 1. The van der Waals surface area contributed by atoms with E-state index in [-0.39, 0.29) is 17.2 Å². The predicted octanol–water partition coefficient (Wildman–Crippen LogP) is 7.69. The number of anilines is 1. The minimum absolute atomic E-state index is 0.127. The van der Waals surface area contributed by atoms with E-state index in [1.165, 1.54) is 0 Å². The van der Waals surface area contributed by atoms with E-state index < -0.39 is 5.97 Å². The molecule has 196 valence electrons. The van der Waals surface area contributed by atoms with Gasteiger partial charge in [-0.1, -0.05) is 67.9 Å². The molecule has 4 aromatic carbocycles. The first kappa shape index (κ1) is 24.9. The Bertz CT molecular complexity index is 1660. The van der Waals surface area contributed by atoms with E-state index in [1.54, 1.807) is 25.3 Å². The first-order valence-corrected chi connectivity index (χ1v) is 13.3. The largest absolute Gasteiger partial charge is 0.493 e. The SMILES string of the molecule is COc1cc([C@@H]2Nc3ccc4ccccc4c3C3=C2C(=O)CC(C)(C)C3)ccc1OC(=O)c1ccc(C)cc1. The lowest BCUT2D eigenvalue weighted by molar-refractivity contribution is -0.118. The van der Waals surface area contributed by atoms with Gasteiger partial charge >= 0.3 is 5.97 Å².